The van der Waals surface area contributed by atoms with Gasteiger partial charge in [0.25, 0.3) is 5.91 Å². The third-order valence-electron chi connectivity index (χ3n) is 5.26. The van der Waals surface area contributed by atoms with Crippen molar-refractivity contribution in [3.05, 3.63) is 53.6 Å². The Morgan fingerprint density at radius 2 is 1.86 bits per heavy atom. The van der Waals surface area contributed by atoms with Gasteiger partial charge in [0.15, 0.2) is 22.5 Å². The average molecular weight is 496 g/mol. The Kier molecular flexibility index (Phi) is 8.92. The Bertz CT molecular complexity index is 1170. The Balaban J connectivity index is 1.60. The summed E-state index contributed by atoms with van der Waals surface area (Å²) < 4.78 is 12.9. The fourth-order valence-corrected chi connectivity index (χ4v) is 4.19. The molecule has 0 spiro atoms. The molecule has 0 aliphatic heterocycles. The Hall–Kier alpha value is -3.33. The molecule has 0 aliphatic rings. The molecule has 0 radical (unpaired) electrons. The highest BCUT2D eigenvalue weighted by Gasteiger charge is 2.17. The van der Waals surface area contributed by atoms with Crippen molar-refractivity contribution in [2.45, 2.75) is 51.7 Å². The summed E-state index contributed by atoms with van der Waals surface area (Å²) in [5, 5.41) is 13.4. The molecule has 0 bridgehead atoms. The van der Waals surface area contributed by atoms with Gasteiger partial charge in [0.1, 0.15) is 0 Å². The van der Waals surface area contributed by atoms with Gasteiger partial charge < -0.3 is 14.0 Å². The van der Waals surface area contributed by atoms with Gasteiger partial charge in [-0.25, -0.2) is 5.43 Å². The van der Waals surface area contributed by atoms with Crippen LogP contribution in [0.2, 0.25) is 0 Å². The summed E-state index contributed by atoms with van der Waals surface area (Å²) in [6.45, 7) is 11.8. The number of ether oxygens (including phenoxy) is 2. The lowest BCUT2D eigenvalue weighted by Crippen LogP contribution is -2.20. The standard InChI is InChI=1S/C26H33N5O3S/c1-7-31-24(19-10-12-20(13-11-19)26(3,4)5)29-30-25(31)35-17-23(32)28-27-16-18-9-14-21(34-8-2)22(15-18)33-6/h9-16H,7-8,17H2,1-6H3,(H,28,32)/b27-16+. The average Bonchev–Trinajstić information content (AvgIpc) is 3.26. The van der Waals surface area contributed by atoms with Crippen molar-refractivity contribution in [1.82, 2.24) is 20.2 Å². The van der Waals surface area contributed by atoms with Gasteiger partial charge in [-0.15, -0.1) is 10.2 Å². The van der Waals surface area contributed by atoms with E-state index in [4.69, 9.17) is 9.47 Å². The van der Waals surface area contributed by atoms with Gasteiger partial charge in [-0.3, -0.25) is 4.79 Å². The molecule has 3 rings (SSSR count). The van der Waals surface area contributed by atoms with Crippen LogP contribution in [0.1, 0.15) is 45.7 Å². The molecule has 9 heteroatoms. The number of hydrazone groups is 1. The maximum Gasteiger partial charge on any atom is 0.250 e. The number of hydrogen-bond acceptors (Lipinski definition) is 7. The van der Waals surface area contributed by atoms with Crippen LogP contribution in [0.25, 0.3) is 11.4 Å². The summed E-state index contributed by atoms with van der Waals surface area (Å²) in [7, 11) is 1.58. The molecular formula is C26H33N5O3S. The minimum atomic E-state index is -0.231. The molecule has 3 aromatic rings. The lowest BCUT2D eigenvalue weighted by molar-refractivity contribution is -0.118. The first-order valence-electron chi connectivity index (χ1n) is 11.6. The molecule has 35 heavy (non-hydrogen) atoms. The largest absolute Gasteiger partial charge is 0.493 e. The second-order valence-corrected chi connectivity index (χ2v) is 9.75. The van der Waals surface area contributed by atoms with Gasteiger partial charge in [0.05, 0.1) is 25.7 Å². The number of nitrogens with zero attached hydrogens (tertiary/aromatic N) is 4. The van der Waals surface area contributed by atoms with E-state index >= 15 is 0 Å². The quantitative estimate of drug-likeness (QED) is 0.244. The number of carbonyl (C=O) groups excluding carboxylic acids is 1. The number of carbonyl (C=O) groups is 1. The van der Waals surface area contributed by atoms with E-state index in [0.29, 0.717) is 29.8 Å². The van der Waals surface area contributed by atoms with Crippen molar-refractivity contribution in [2.24, 2.45) is 5.10 Å². The van der Waals surface area contributed by atoms with E-state index in [1.807, 2.05) is 30.5 Å². The van der Waals surface area contributed by atoms with Crippen LogP contribution in [-0.2, 0) is 16.8 Å². The molecule has 1 aromatic heterocycles. The van der Waals surface area contributed by atoms with Crippen LogP contribution in [0, 0.1) is 0 Å². The van der Waals surface area contributed by atoms with Crippen LogP contribution >= 0.6 is 11.8 Å². The van der Waals surface area contributed by atoms with Gasteiger partial charge in [-0.05, 0) is 48.6 Å². The van der Waals surface area contributed by atoms with Crippen LogP contribution in [0.15, 0.2) is 52.7 Å². The maximum absolute atomic E-state index is 12.3. The fourth-order valence-electron chi connectivity index (χ4n) is 3.39. The highest BCUT2D eigenvalue weighted by atomic mass is 32.2. The highest BCUT2D eigenvalue weighted by Crippen LogP contribution is 2.28. The first kappa shape index (κ1) is 26.3. The molecule has 2 aromatic carbocycles. The topological polar surface area (TPSA) is 90.6 Å². The molecule has 0 aliphatic carbocycles. The Morgan fingerprint density at radius 1 is 1.11 bits per heavy atom. The number of benzene rings is 2. The second-order valence-electron chi connectivity index (χ2n) is 8.80. The van der Waals surface area contributed by atoms with E-state index in [1.165, 1.54) is 17.3 Å². The van der Waals surface area contributed by atoms with Crippen molar-refractivity contribution in [3.8, 4) is 22.9 Å². The van der Waals surface area contributed by atoms with Crippen LogP contribution in [0.4, 0.5) is 0 Å². The number of amides is 1. The van der Waals surface area contributed by atoms with Crippen molar-refractivity contribution < 1.29 is 14.3 Å². The Labute approximate surface area is 211 Å². The zero-order valence-electron chi connectivity index (χ0n) is 21.2. The second kappa shape index (κ2) is 11.9. The third kappa shape index (κ3) is 6.85. The highest BCUT2D eigenvalue weighted by molar-refractivity contribution is 7.99. The van der Waals surface area contributed by atoms with E-state index in [-0.39, 0.29) is 17.1 Å². The maximum atomic E-state index is 12.3. The van der Waals surface area contributed by atoms with Gasteiger partial charge in [-0.2, -0.15) is 5.10 Å². The lowest BCUT2D eigenvalue weighted by atomic mass is 9.87. The third-order valence-corrected chi connectivity index (χ3v) is 6.23. The number of hydrogen-bond donors (Lipinski definition) is 1. The molecule has 0 saturated heterocycles. The molecule has 0 saturated carbocycles. The number of nitrogens with one attached hydrogen (secondary N) is 1. The van der Waals surface area contributed by atoms with Gasteiger partial charge >= 0.3 is 0 Å². The van der Waals surface area contributed by atoms with E-state index in [0.717, 1.165) is 17.0 Å². The summed E-state index contributed by atoms with van der Waals surface area (Å²) in [5.74, 6) is 2.01. The molecule has 186 valence electrons. The van der Waals surface area contributed by atoms with E-state index < -0.39 is 0 Å². The lowest BCUT2D eigenvalue weighted by Gasteiger charge is -2.19. The minimum Gasteiger partial charge on any atom is -0.493 e. The first-order chi connectivity index (χ1) is 16.8. The van der Waals surface area contributed by atoms with Gasteiger partial charge in [-0.1, -0.05) is 56.8 Å². The summed E-state index contributed by atoms with van der Waals surface area (Å²) in [4.78, 5) is 12.3. The normalized spacial score (nSPS) is 11.6. The van der Waals surface area contributed by atoms with Gasteiger partial charge in [0.2, 0.25) is 0 Å². The molecule has 0 fully saturated rings. The minimum absolute atomic E-state index is 0.0901. The number of methoxy groups -OCH3 is 1. The first-order valence-corrected chi connectivity index (χ1v) is 12.5. The zero-order valence-corrected chi connectivity index (χ0v) is 22.0. The van der Waals surface area contributed by atoms with Crippen LogP contribution in [0.5, 0.6) is 11.5 Å². The summed E-state index contributed by atoms with van der Waals surface area (Å²) >= 11 is 1.33. The molecule has 1 heterocycles. The van der Waals surface area contributed by atoms with Crippen molar-refractivity contribution >= 4 is 23.9 Å². The summed E-state index contributed by atoms with van der Waals surface area (Å²) in [6.07, 6.45) is 1.56. The van der Waals surface area contributed by atoms with Crippen molar-refractivity contribution in [2.75, 3.05) is 19.5 Å². The number of aromatic nitrogens is 3. The van der Waals surface area contributed by atoms with Crippen molar-refractivity contribution in [3.63, 3.8) is 0 Å². The van der Waals surface area contributed by atoms with E-state index in [2.05, 4.69) is 65.8 Å². The molecule has 8 nitrogen and oxygen atoms in total. The molecule has 1 amide bonds. The molecule has 0 unspecified atom stereocenters. The summed E-state index contributed by atoms with van der Waals surface area (Å²) in [5.41, 5.74) is 5.69. The fraction of sp³-hybridized carbons (Fsp3) is 0.385. The summed E-state index contributed by atoms with van der Waals surface area (Å²) in [6, 6.07) is 13.9. The SMILES string of the molecule is CCOc1ccc(/C=N/NC(=O)CSc2nnc(-c3ccc(C(C)(C)C)cc3)n2CC)cc1OC. The molecular weight excluding hydrogens is 462 g/mol. The predicted octanol–water partition coefficient (Wildman–Crippen LogP) is 4.91. The van der Waals surface area contributed by atoms with Crippen molar-refractivity contribution in [1.29, 1.82) is 0 Å². The number of rotatable bonds is 10. The number of thioether (sulfide) groups is 1. The van der Waals surface area contributed by atoms with Gasteiger partial charge in [0, 0.05) is 12.1 Å². The predicted molar refractivity (Wildman–Crippen MR) is 140 cm³/mol. The van der Waals surface area contributed by atoms with Crippen LogP contribution in [-0.4, -0.2) is 46.4 Å². The van der Waals surface area contributed by atoms with Crippen LogP contribution in [0.3, 0.4) is 0 Å². The van der Waals surface area contributed by atoms with E-state index in [1.54, 1.807) is 19.4 Å². The smallest absolute Gasteiger partial charge is 0.250 e. The monoisotopic (exact) mass is 495 g/mol. The van der Waals surface area contributed by atoms with E-state index in [9.17, 15) is 4.79 Å². The van der Waals surface area contributed by atoms with Crippen LogP contribution < -0.4 is 14.9 Å². The zero-order chi connectivity index (χ0) is 25.4. The molecule has 1 N–H and O–H groups in total. The molecule has 0 atom stereocenters. The Morgan fingerprint density at radius 3 is 2.49 bits per heavy atom.